The fourth-order valence-electron chi connectivity index (χ4n) is 2.85. The summed E-state index contributed by atoms with van der Waals surface area (Å²) >= 11 is 5.07. The van der Waals surface area contributed by atoms with E-state index < -0.39 is 15.1 Å². The summed E-state index contributed by atoms with van der Waals surface area (Å²) in [6, 6.07) is 18.0. The average molecular weight is 317 g/mol. The first kappa shape index (κ1) is 14.2. The summed E-state index contributed by atoms with van der Waals surface area (Å²) in [6.07, 6.45) is 0. The predicted molar refractivity (Wildman–Crippen MR) is 86.9 cm³/mol. The molecule has 0 bridgehead atoms. The first-order valence-electron chi connectivity index (χ1n) is 6.66. The van der Waals surface area contributed by atoms with Crippen LogP contribution in [0.4, 0.5) is 0 Å². The zero-order valence-corrected chi connectivity index (χ0v) is 12.8. The van der Waals surface area contributed by atoms with Crippen molar-refractivity contribution in [3.05, 3.63) is 66.2 Å². The molecule has 0 amide bonds. The van der Waals surface area contributed by atoms with Crippen LogP contribution in [0.2, 0.25) is 0 Å². The van der Waals surface area contributed by atoms with E-state index in [2.05, 4.69) is 0 Å². The highest BCUT2D eigenvalue weighted by molar-refractivity contribution is 7.92. The predicted octanol–water partition coefficient (Wildman–Crippen LogP) is 2.53. The third-order valence-corrected chi connectivity index (χ3v) is 6.40. The van der Waals surface area contributed by atoms with Crippen LogP contribution in [0, 0.1) is 5.92 Å². The fraction of sp³-hybridized carbons (Fsp3) is 0.188. The first-order chi connectivity index (χ1) is 10.0. The Hall–Kier alpha value is -1.72. The Morgan fingerprint density at radius 2 is 1.48 bits per heavy atom. The van der Waals surface area contributed by atoms with Crippen molar-refractivity contribution in [2.24, 2.45) is 11.7 Å². The minimum atomic E-state index is -3.42. The third kappa shape index (κ3) is 2.47. The van der Waals surface area contributed by atoms with Crippen LogP contribution in [0.1, 0.15) is 11.5 Å². The van der Waals surface area contributed by atoms with Gasteiger partial charge in [-0.15, -0.1) is 0 Å². The highest BCUT2D eigenvalue weighted by Crippen LogP contribution is 2.54. The van der Waals surface area contributed by atoms with Gasteiger partial charge in [0.05, 0.1) is 15.1 Å². The third-order valence-electron chi connectivity index (χ3n) is 3.90. The zero-order valence-electron chi connectivity index (χ0n) is 11.2. The van der Waals surface area contributed by atoms with Crippen molar-refractivity contribution in [3.8, 4) is 0 Å². The maximum atomic E-state index is 12.8. The molecule has 3 atom stereocenters. The second-order valence-corrected chi connectivity index (χ2v) is 7.76. The molecule has 1 fully saturated rings. The van der Waals surface area contributed by atoms with E-state index in [1.807, 2.05) is 30.3 Å². The molecule has 0 saturated heterocycles. The van der Waals surface area contributed by atoms with Gasteiger partial charge in [0.25, 0.3) is 0 Å². The summed E-state index contributed by atoms with van der Waals surface area (Å²) in [5, 5.41) is -0.556. The van der Waals surface area contributed by atoms with Crippen molar-refractivity contribution in [1.82, 2.24) is 0 Å². The number of hydrogen-bond acceptors (Lipinski definition) is 3. The lowest BCUT2D eigenvalue weighted by Crippen LogP contribution is -2.17. The van der Waals surface area contributed by atoms with Crippen LogP contribution in [0.15, 0.2) is 65.6 Å². The minimum absolute atomic E-state index is 0.145. The highest BCUT2D eigenvalue weighted by atomic mass is 32.2. The molecule has 0 spiro atoms. The molecule has 0 radical (unpaired) electrons. The van der Waals surface area contributed by atoms with Crippen LogP contribution in [0.5, 0.6) is 0 Å². The highest BCUT2D eigenvalue weighted by Gasteiger charge is 2.60. The molecular weight excluding hydrogens is 302 g/mol. The Morgan fingerprint density at radius 3 is 2.00 bits per heavy atom. The van der Waals surface area contributed by atoms with E-state index >= 15 is 0 Å². The monoisotopic (exact) mass is 317 g/mol. The maximum Gasteiger partial charge on any atom is 0.182 e. The van der Waals surface area contributed by atoms with Crippen molar-refractivity contribution in [2.75, 3.05) is 0 Å². The fourth-order valence-corrected chi connectivity index (χ4v) is 5.40. The molecule has 3 nitrogen and oxygen atoms in total. The lowest BCUT2D eigenvalue weighted by Gasteiger charge is -2.03. The van der Waals surface area contributed by atoms with E-state index in [1.165, 1.54) is 0 Å². The van der Waals surface area contributed by atoms with Crippen molar-refractivity contribution >= 4 is 27.0 Å². The number of hydrogen-bond donors (Lipinski definition) is 1. The molecule has 108 valence electrons. The van der Waals surface area contributed by atoms with E-state index in [0.717, 1.165) is 5.56 Å². The summed E-state index contributed by atoms with van der Waals surface area (Å²) in [6.45, 7) is 0. The number of thiocarbonyl (C=S) groups is 1. The molecule has 2 N–H and O–H groups in total. The van der Waals surface area contributed by atoms with Crippen molar-refractivity contribution in [3.63, 3.8) is 0 Å². The van der Waals surface area contributed by atoms with E-state index in [4.69, 9.17) is 18.0 Å². The Bertz CT molecular complexity index is 757. The average Bonchev–Trinajstić information content (AvgIpc) is 3.26. The zero-order chi connectivity index (χ0) is 15.0. The normalized spacial score (nSPS) is 24.5. The van der Waals surface area contributed by atoms with Gasteiger partial charge in [0.1, 0.15) is 0 Å². The summed E-state index contributed by atoms with van der Waals surface area (Å²) in [5.41, 5.74) is 6.73. The van der Waals surface area contributed by atoms with E-state index in [9.17, 15) is 8.42 Å². The lowest BCUT2D eigenvalue weighted by molar-refractivity contribution is 0.593. The minimum Gasteiger partial charge on any atom is -0.393 e. The largest absolute Gasteiger partial charge is 0.393 e. The number of benzene rings is 2. The smallest absolute Gasteiger partial charge is 0.182 e. The molecule has 5 heteroatoms. The van der Waals surface area contributed by atoms with Crippen LogP contribution < -0.4 is 5.73 Å². The molecule has 21 heavy (non-hydrogen) atoms. The Labute approximate surface area is 129 Å². The molecule has 0 unspecified atom stereocenters. The quantitative estimate of drug-likeness (QED) is 0.880. The van der Waals surface area contributed by atoms with Crippen molar-refractivity contribution < 1.29 is 8.42 Å². The number of rotatable bonds is 4. The van der Waals surface area contributed by atoms with Crippen molar-refractivity contribution in [2.45, 2.75) is 16.1 Å². The van der Waals surface area contributed by atoms with Gasteiger partial charge in [0, 0.05) is 11.8 Å². The van der Waals surface area contributed by atoms with Crippen molar-refractivity contribution in [1.29, 1.82) is 0 Å². The molecular formula is C16H15NO2S2. The van der Waals surface area contributed by atoms with Gasteiger partial charge in [-0.2, -0.15) is 0 Å². The number of nitrogens with two attached hydrogens (primary N) is 1. The molecule has 2 aromatic carbocycles. The van der Waals surface area contributed by atoms with Gasteiger partial charge in [0.15, 0.2) is 9.84 Å². The second-order valence-electron chi connectivity index (χ2n) is 5.19. The molecule has 1 aliphatic rings. The van der Waals surface area contributed by atoms with Gasteiger partial charge in [0.2, 0.25) is 0 Å². The summed E-state index contributed by atoms with van der Waals surface area (Å²) in [5.74, 6) is -0.429. The van der Waals surface area contributed by atoms with Gasteiger partial charge in [-0.05, 0) is 17.7 Å². The molecule has 0 aromatic heterocycles. The van der Waals surface area contributed by atoms with E-state index in [0.29, 0.717) is 4.90 Å². The summed E-state index contributed by atoms with van der Waals surface area (Å²) < 4.78 is 25.6. The second kappa shape index (κ2) is 5.24. The van der Waals surface area contributed by atoms with Gasteiger partial charge in [-0.1, -0.05) is 60.7 Å². The van der Waals surface area contributed by atoms with Crippen LogP contribution in [-0.4, -0.2) is 18.7 Å². The van der Waals surface area contributed by atoms with Crippen LogP contribution >= 0.6 is 12.2 Å². The number of sulfone groups is 1. The Balaban J connectivity index is 2.00. The molecule has 1 saturated carbocycles. The molecule has 0 heterocycles. The van der Waals surface area contributed by atoms with Gasteiger partial charge in [-0.3, -0.25) is 0 Å². The van der Waals surface area contributed by atoms with Crippen LogP contribution in [-0.2, 0) is 9.84 Å². The SMILES string of the molecule is NC(=S)[C@@H]1[C@H](c2ccccc2)[C@H]1S(=O)(=O)c1ccccc1. The molecule has 0 aliphatic heterocycles. The van der Waals surface area contributed by atoms with Crippen LogP contribution in [0.3, 0.4) is 0 Å². The van der Waals surface area contributed by atoms with Gasteiger partial charge >= 0.3 is 0 Å². The topological polar surface area (TPSA) is 60.2 Å². The maximum absolute atomic E-state index is 12.8. The van der Waals surface area contributed by atoms with Gasteiger partial charge < -0.3 is 5.73 Å². The Kier molecular flexibility index (Phi) is 3.55. The molecule has 2 aromatic rings. The molecule has 1 aliphatic carbocycles. The van der Waals surface area contributed by atoms with E-state index in [-0.39, 0.29) is 16.8 Å². The summed E-state index contributed by atoms with van der Waals surface area (Å²) in [4.78, 5) is 0.600. The van der Waals surface area contributed by atoms with Crippen LogP contribution in [0.25, 0.3) is 0 Å². The Morgan fingerprint density at radius 1 is 0.952 bits per heavy atom. The van der Waals surface area contributed by atoms with Gasteiger partial charge in [-0.25, -0.2) is 8.42 Å². The molecule has 3 rings (SSSR count). The lowest BCUT2D eigenvalue weighted by atomic mass is 10.1. The standard InChI is InChI=1S/C16H15NO2S2/c17-16(20)14-13(11-7-3-1-4-8-11)15(14)21(18,19)12-9-5-2-6-10-12/h1-10,13-15H,(H2,17,20)/t13-,14+,15+/m0/s1. The summed E-state index contributed by atoms with van der Waals surface area (Å²) in [7, 11) is -3.42. The van der Waals surface area contributed by atoms with E-state index in [1.54, 1.807) is 30.3 Å². The first-order valence-corrected chi connectivity index (χ1v) is 8.62.